The molecule has 1 atom stereocenters. The number of hydrogen-bond donors (Lipinski definition) is 1. The average Bonchev–Trinajstić information content (AvgIpc) is 3.24. The minimum atomic E-state index is -0.0361. The average molecular weight is 320 g/mol. The smallest absolute Gasteiger partial charge is 0.244 e. The predicted octanol–water partition coefficient (Wildman–Crippen LogP) is 2.63. The van der Waals surface area contributed by atoms with Gasteiger partial charge in [0.05, 0.1) is 6.26 Å². The summed E-state index contributed by atoms with van der Waals surface area (Å²) in [5, 5.41) is 3.01. The number of thioether (sulfide) groups is 1. The third-order valence-electron chi connectivity index (χ3n) is 4.58. The van der Waals surface area contributed by atoms with Crippen molar-refractivity contribution in [1.82, 2.24) is 10.2 Å². The number of piperidine rings is 1. The lowest BCUT2D eigenvalue weighted by Crippen LogP contribution is -2.43. The topological polar surface area (TPSA) is 45.5 Å². The van der Waals surface area contributed by atoms with E-state index in [0.29, 0.717) is 11.7 Å². The Labute approximate surface area is 136 Å². The highest BCUT2D eigenvalue weighted by Gasteiger charge is 2.27. The molecule has 1 aromatic rings. The Kier molecular flexibility index (Phi) is 5.62. The van der Waals surface area contributed by atoms with Crippen molar-refractivity contribution in [2.45, 2.75) is 25.3 Å². The van der Waals surface area contributed by atoms with E-state index in [-0.39, 0.29) is 5.91 Å². The molecule has 0 aromatic carbocycles. The van der Waals surface area contributed by atoms with Gasteiger partial charge >= 0.3 is 0 Å². The normalized spacial score (nSPS) is 24.1. The molecule has 3 heterocycles. The summed E-state index contributed by atoms with van der Waals surface area (Å²) in [5.74, 6) is 3.91. The highest BCUT2D eigenvalue weighted by atomic mass is 32.2. The van der Waals surface area contributed by atoms with Crippen LogP contribution in [0.5, 0.6) is 0 Å². The monoisotopic (exact) mass is 320 g/mol. The number of nitrogens with one attached hydrogen (secondary N) is 1. The van der Waals surface area contributed by atoms with Gasteiger partial charge in [0.2, 0.25) is 5.91 Å². The van der Waals surface area contributed by atoms with Crippen LogP contribution in [-0.2, 0) is 4.79 Å². The van der Waals surface area contributed by atoms with Gasteiger partial charge in [-0.2, -0.15) is 11.8 Å². The standard InChI is InChI=1S/C17H24N2O2S/c20-17(4-3-16-2-1-10-21-16)18-12-14-5-8-19(9-6-14)15-7-11-22-13-15/h1-4,10,14-15H,5-9,11-13H2,(H,18,20). The van der Waals surface area contributed by atoms with Gasteiger partial charge in [-0.05, 0) is 62.2 Å². The first-order valence-corrected chi connectivity index (χ1v) is 9.28. The molecule has 0 aliphatic carbocycles. The Morgan fingerprint density at radius 2 is 2.27 bits per heavy atom. The van der Waals surface area contributed by atoms with Gasteiger partial charge in [0.15, 0.2) is 0 Å². The van der Waals surface area contributed by atoms with Gasteiger partial charge in [-0.3, -0.25) is 9.69 Å². The van der Waals surface area contributed by atoms with Crippen molar-refractivity contribution in [1.29, 1.82) is 0 Å². The van der Waals surface area contributed by atoms with Crippen LogP contribution in [0.2, 0.25) is 0 Å². The van der Waals surface area contributed by atoms with E-state index in [4.69, 9.17) is 4.42 Å². The Hall–Kier alpha value is -1.20. The van der Waals surface area contributed by atoms with Crippen molar-refractivity contribution in [3.63, 3.8) is 0 Å². The number of furan rings is 1. The number of likely N-dealkylation sites (tertiary alicyclic amines) is 1. The van der Waals surface area contributed by atoms with E-state index in [0.717, 1.165) is 12.6 Å². The SMILES string of the molecule is O=C(C=Cc1ccco1)NCC1CCN(C2CCSC2)CC1. The van der Waals surface area contributed by atoms with Gasteiger partial charge in [0.1, 0.15) is 5.76 Å². The van der Waals surface area contributed by atoms with Gasteiger partial charge in [-0.25, -0.2) is 0 Å². The number of rotatable bonds is 5. The van der Waals surface area contributed by atoms with Gasteiger partial charge in [-0.15, -0.1) is 0 Å². The van der Waals surface area contributed by atoms with Crippen molar-refractivity contribution in [2.24, 2.45) is 5.92 Å². The second kappa shape index (κ2) is 7.88. The van der Waals surface area contributed by atoms with Crippen LogP contribution in [0.25, 0.3) is 6.08 Å². The van der Waals surface area contributed by atoms with Crippen LogP contribution in [-0.4, -0.2) is 48.0 Å². The van der Waals surface area contributed by atoms with Crippen LogP contribution in [0.3, 0.4) is 0 Å². The van der Waals surface area contributed by atoms with Gasteiger partial charge in [0, 0.05) is 24.4 Å². The lowest BCUT2D eigenvalue weighted by atomic mass is 9.95. The van der Waals surface area contributed by atoms with Crippen LogP contribution >= 0.6 is 11.8 Å². The van der Waals surface area contributed by atoms with Crippen molar-refractivity contribution < 1.29 is 9.21 Å². The summed E-state index contributed by atoms with van der Waals surface area (Å²) in [5.41, 5.74) is 0. The van der Waals surface area contributed by atoms with Gasteiger partial charge in [-0.1, -0.05) is 0 Å². The summed E-state index contributed by atoms with van der Waals surface area (Å²) in [6.45, 7) is 3.16. The summed E-state index contributed by atoms with van der Waals surface area (Å²) < 4.78 is 5.16. The molecular weight excluding hydrogens is 296 g/mol. The zero-order valence-electron chi connectivity index (χ0n) is 12.9. The van der Waals surface area contributed by atoms with Crippen LogP contribution in [0.15, 0.2) is 28.9 Å². The number of nitrogens with zero attached hydrogens (tertiary/aromatic N) is 1. The molecule has 1 unspecified atom stereocenters. The summed E-state index contributed by atoms with van der Waals surface area (Å²) >= 11 is 2.08. The third-order valence-corrected chi connectivity index (χ3v) is 5.72. The lowest BCUT2D eigenvalue weighted by molar-refractivity contribution is -0.116. The molecule has 0 radical (unpaired) electrons. The molecule has 0 saturated carbocycles. The number of carbonyl (C=O) groups excluding carboxylic acids is 1. The second-order valence-corrected chi connectivity index (χ2v) is 7.24. The van der Waals surface area contributed by atoms with Crippen molar-refractivity contribution in [3.05, 3.63) is 30.2 Å². The first kappa shape index (κ1) is 15.7. The zero-order valence-corrected chi connectivity index (χ0v) is 13.7. The molecule has 22 heavy (non-hydrogen) atoms. The Morgan fingerprint density at radius 3 is 2.95 bits per heavy atom. The predicted molar refractivity (Wildman–Crippen MR) is 90.8 cm³/mol. The molecule has 2 fully saturated rings. The van der Waals surface area contributed by atoms with E-state index in [2.05, 4.69) is 22.0 Å². The summed E-state index contributed by atoms with van der Waals surface area (Å²) in [6, 6.07) is 4.45. The molecule has 2 saturated heterocycles. The van der Waals surface area contributed by atoms with E-state index in [9.17, 15) is 4.79 Å². The Morgan fingerprint density at radius 1 is 1.41 bits per heavy atom. The highest BCUT2D eigenvalue weighted by Crippen LogP contribution is 2.26. The molecule has 3 rings (SSSR count). The van der Waals surface area contributed by atoms with E-state index in [1.807, 2.05) is 12.1 Å². The number of carbonyl (C=O) groups is 1. The fourth-order valence-corrected chi connectivity index (χ4v) is 4.44. The van der Waals surface area contributed by atoms with E-state index >= 15 is 0 Å². The first-order valence-electron chi connectivity index (χ1n) is 8.12. The molecule has 4 nitrogen and oxygen atoms in total. The number of amides is 1. The summed E-state index contributed by atoms with van der Waals surface area (Å²) in [6.07, 6.45) is 8.60. The molecule has 2 aliphatic heterocycles. The van der Waals surface area contributed by atoms with E-state index < -0.39 is 0 Å². The van der Waals surface area contributed by atoms with Crippen molar-refractivity contribution in [2.75, 3.05) is 31.1 Å². The molecule has 1 amide bonds. The summed E-state index contributed by atoms with van der Waals surface area (Å²) in [7, 11) is 0. The summed E-state index contributed by atoms with van der Waals surface area (Å²) in [4.78, 5) is 14.4. The maximum Gasteiger partial charge on any atom is 0.244 e. The fourth-order valence-electron chi connectivity index (χ4n) is 3.18. The molecule has 2 aliphatic rings. The van der Waals surface area contributed by atoms with Crippen LogP contribution in [0, 0.1) is 5.92 Å². The minimum Gasteiger partial charge on any atom is -0.465 e. The first-order chi connectivity index (χ1) is 10.8. The minimum absolute atomic E-state index is 0.0361. The van der Waals surface area contributed by atoms with E-state index in [1.165, 1.54) is 43.9 Å². The Balaban J connectivity index is 1.35. The van der Waals surface area contributed by atoms with Crippen LogP contribution in [0.1, 0.15) is 25.0 Å². The largest absolute Gasteiger partial charge is 0.465 e. The maximum absolute atomic E-state index is 11.8. The fraction of sp³-hybridized carbons (Fsp3) is 0.588. The van der Waals surface area contributed by atoms with Crippen LogP contribution < -0.4 is 5.32 Å². The van der Waals surface area contributed by atoms with E-state index in [1.54, 1.807) is 18.4 Å². The molecule has 120 valence electrons. The highest BCUT2D eigenvalue weighted by molar-refractivity contribution is 7.99. The Bertz CT molecular complexity index is 487. The number of hydrogen-bond acceptors (Lipinski definition) is 4. The van der Waals surface area contributed by atoms with Crippen LogP contribution in [0.4, 0.5) is 0 Å². The second-order valence-electron chi connectivity index (χ2n) is 6.09. The molecule has 1 aromatic heterocycles. The molecule has 0 bridgehead atoms. The zero-order chi connectivity index (χ0) is 15.2. The maximum atomic E-state index is 11.8. The molecular formula is C17H24N2O2S. The van der Waals surface area contributed by atoms with Gasteiger partial charge in [0.25, 0.3) is 0 Å². The van der Waals surface area contributed by atoms with Crippen molar-refractivity contribution >= 4 is 23.7 Å². The van der Waals surface area contributed by atoms with Crippen molar-refractivity contribution in [3.8, 4) is 0 Å². The lowest BCUT2D eigenvalue weighted by Gasteiger charge is -2.35. The molecule has 5 heteroatoms. The third kappa shape index (κ3) is 4.40. The molecule has 1 N–H and O–H groups in total. The molecule has 0 spiro atoms. The van der Waals surface area contributed by atoms with Gasteiger partial charge < -0.3 is 9.73 Å². The quantitative estimate of drug-likeness (QED) is 0.847.